The lowest BCUT2D eigenvalue weighted by molar-refractivity contribution is -0.893. The number of benzene rings is 2. The van der Waals surface area contributed by atoms with Crippen molar-refractivity contribution in [1.29, 1.82) is 0 Å². The van der Waals surface area contributed by atoms with E-state index >= 15 is 0 Å². The summed E-state index contributed by atoms with van der Waals surface area (Å²) in [6, 6.07) is 16.5. The minimum Gasteiger partial charge on any atom is -0.331 e. The first-order valence-electron chi connectivity index (χ1n) is 11.4. The lowest BCUT2D eigenvalue weighted by atomic mass is 10.2. The molecule has 2 aromatic carbocycles. The number of halogens is 1. The van der Waals surface area contributed by atoms with Gasteiger partial charge in [0.2, 0.25) is 5.91 Å². The number of nitrogens with one attached hydrogen (secondary N) is 2. The molecule has 0 saturated heterocycles. The highest BCUT2D eigenvalue weighted by Gasteiger charge is 2.25. The summed E-state index contributed by atoms with van der Waals surface area (Å²) in [7, 11) is 4.23. The van der Waals surface area contributed by atoms with Gasteiger partial charge in [0.1, 0.15) is 11.9 Å². The lowest BCUT2D eigenvalue weighted by Gasteiger charge is -2.20. The van der Waals surface area contributed by atoms with E-state index in [1.165, 1.54) is 40.1 Å². The van der Waals surface area contributed by atoms with Gasteiger partial charge in [0, 0.05) is 17.4 Å². The van der Waals surface area contributed by atoms with Crippen LogP contribution in [-0.4, -0.2) is 45.5 Å². The van der Waals surface area contributed by atoms with Crippen LogP contribution < -0.4 is 10.2 Å². The molecule has 0 aliphatic carbocycles. The second-order valence-electron chi connectivity index (χ2n) is 8.33. The molecule has 0 aliphatic heterocycles. The van der Waals surface area contributed by atoms with Crippen LogP contribution in [0.2, 0.25) is 0 Å². The molecule has 35 heavy (non-hydrogen) atoms. The molecule has 0 saturated carbocycles. The average molecular weight is 512 g/mol. The zero-order chi connectivity index (χ0) is 24.8. The quantitative estimate of drug-likeness (QED) is 0.316. The molecule has 4 aromatic rings. The zero-order valence-electron chi connectivity index (χ0n) is 19.9. The van der Waals surface area contributed by atoms with Crippen LogP contribution in [0.5, 0.6) is 0 Å². The first-order chi connectivity index (χ1) is 16.9. The van der Waals surface area contributed by atoms with Crippen molar-refractivity contribution in [2.75, 3.05) is 25.2 Å². The van der Waals surface area contributed by atoms with E-state index in [1.807, 2.05) is 23.6 Å². The summed E-state index contributed by atoms with van der Waals surface area (Å²) in [5.74, 6) is 0.638. The molecule has 0 bridgehead atoms. The van der Waals surface area contributed by atoms with Crippen molar-refractivity contribution in [3.63, 3.8) is 0 Å². The van der Waals surface area contributed by atoms with E-state index in [9.17, 15) is 9.18 Å². The number of thioether (sulfide) groups is 1. The largest absolute Gasteiger partial charge is 0.331 e. The molecule has 1 atom stereocenters. The van der Waals surface area contributed by atoms with Crippen molar-refractivity contribution in [2.24, 2.45) is 0 Å². The van der Waals surface area contributed by atoms with E-state index in [4.69, 9.17) is 0 Å². The van der Waals surface area contributed by atoms with Gasteiger partial charge in [0.25, 0.3) is 0 Å². The van der Waals surface area contributed by atoms with Gasteiger partial charge in [-0.15, -0.1) is 21.5 Å². The molecule has 2 N–H and O–H groups in total. The third-order valence-electron chi connectivity index (χ3n) is 5.57. The van der Waals surface area contributed by atoms with Gasteiger partial charge in [-0.25, -0.2) is 9.37 Å². The van der Waals surface area contributed by atoms with Crippen molar-refractivity contribution in [3.05, 3.63) is 77.2 Å². The maximum atomic E-state index is 13.2. The Morgan fingerprint density at radius 1 is 1.14 bits per heavy atom. The molecule has 1 amide bonds. The van der Waals surface area contributed by atoms with Gasteiger partial charge in [-0.2, -0.15) is 0 Å². The predicted octanol–water partition coefficient (Wildman–Crippen LogP) is 3.92. The molecular formula is C25H28FN6OS2+. The van der Waals surface area contributed by atoms with E-state index < -0.39 is 0 Å². The Kier molecular flexibility index (Phi) is 8.27. The number of rotatable bonds is 10. The monoisotopic (exact) mass is 511 g/mol. The van der Waals surface area contributed by atoms with Gasteiger partial charge in [-0.05, 0) is 29.8 Å². The van der Waals surface area contributed by atoms with Gasteiger partial charge in [-0.1, -0.05) is 49.0 Å². The number of nitrogens with zero attached hydrogens (tertiary/aromatic N) is 4. The van der Waals surface area contributed by atoms with Crippen LogP contribution in [-0.2, 0) is 11.3 Å². The van der Waals surface area contributed by atoms with E-state index in [2.05, 4.69) is 58.2 Å². The number of thiazole rings is 1. The van der Waals surface area contributed by atoms with E-state index in [0.717, 1.165) is 23.4 Å². The summed E-state index contributed by atoms with van der Waals surface area (Å²) in [5, 5.41) is 14.9. The van der Waals surface area contributed by atoms with Crippen LogP contribution in [0.1, 0.15) is 30.8 Å². The average Bonchev–Trinajstić information content (AvgIpc) is 3.47. The fourth-order valence-electron chi connectivity index (χ4n) is 3.80. The molecule has 0 radical (unpaired) electrons. The molecule has 182 valence electrons. The highest BCUT2D eigenvalue weighted by molar-refractivity contribution is 7.99. The zero-order valence-corrected chi connectivity index (χ0v) is 21.5. The number of aromatic nitrogens is 4. The molecule has 7 nitrogen and oxygen atoms in total. The van der Waals surface area contributed by atoms with Crippen molar-refractivity contribution in [2.45, 2.75) is 31.1 Å². The van der Waals surface area contributed by atoms with E-state index in [0.29, 0.717) is 22.5 Å². The second kappa shape index (κ2) is 11.6. The minimum atomic E-state index is -0.296. The molecule has 0 aliphatic rings. The Labute approximate surface area is 212 Å². The number of hydrogen-bond acceptors (Lipinski definition) is 6. The second-order valence-corrected chi connectivity index (χ2v) is 10.1. The smallest absolute Gasteiger partial charge is 0.236 e. The Balaban J connectivity index is 1.45. The number of amides is 1. The van der Waals surface area contributed by atoms with Gasteiger partial charge in [-0.3, -0.25) is 9.36 Å². The maximum Gasteiger partial charge on any atom is 0.236 e. The summed E-state index contributed by atoms with van der Waals surface area (Å²) in [6.45, 7) is 2.79. The summed E-state index contributed by atoms with van der Waals surface area (Å²) < 4.78 is 15.3. The van der Waals surface area contributed by atoms with Crippen molar-refractivity contribution < 1.29 is 14.1 Å². The molecule has 0 unspecified atom stereocenters. The van der Waals surface area contributed by atoms with Crippen LogP contribution >= 0.6 is 23.1 Å². The number of anilines is 1. The summed E-state index contributed by atoms with van der Waals surface area (Å²) in [5.41, 5.74) is 2.65. The molecule has 2 aromatic heterocycles. The van der Waals surface area contributed by atoms with Crippen LogP contribution in [0.25, 0.3) is 11.3 Å². The number of carbonyl (C=O) groups is 1. The highest BCUT2D eigenvalue weighted by atomic mass is 32.2. The highest BCUT2D eigenvalue weighted by Crippen LogP contribution is 2.26. The van der Waals surface area contributed by atoms with Gasteiger partial charge < -0.3 is 10.2 Å². The lowest BCUT2D eigenvalue weighted by Crippen LogP contribution is -3.06. The summed E-state index contributed by atoms with van der Waals surface area (Å²) >= 11 is 2.70. The third kappa shape index (κ3) is 6.33. The number of carbonyl (C=O) groups excluding carboxylic acids is 1. The predicted molar refractivity (Wildman–Crippen MR) is 138 cm³/mol. The first kappa shape index (κ1) is 25.0. The van der Waals surface area contributed by atoms with Crippen LogP contribution in [0.4, 0.5) is 9.52 Å². The van der Waals surface area contributed by atoms with Gasteiger partial charge in [0.15, 0.2) is 16.1 Å². The summed E-state index contributed by atoms with van der Waals surface area (Å²) in [4.78, 5) is 18.4. The SMILES string of the molecule is CC[C@@H](c1nnc(SCC(=O)Nc2nc(-c3ccc(F)cc3)cs2)n1Cc1ccccc1)[NH+](C)C. The van der Waals surface area contributed by atoms with Crippen LogP contribution in [0, 0.1) is 5.82 Å². The Morgan fingerprint density at radius 3 is 2.57 bits per heavy atom. The Bertz CT molecular complexity index is 1260. The molecule has 4 rings (SSSR count). The minimum absolute atomic E-state index is 0.170. The topological polar surface area (TPSA) is 77.1 Å². The van der Waals surface area contributed by atoms with Crippen LogP contribution in [0.15, 0.2) is 65.1 Å². The maximum absolute atomic E-state index is 13.2. The van der Waals surface area contributed by atoms with E-state index in [1.54, 1.807) is 12.1 Å². The molecule has 0 fully saturated rings. The first-order valence-corrected chi connectivity index (χ1v) is 13.2. The van der Waals surface area contributed by atoms with E-state index in [-0.39, 0.29) is 23.5 Å². The third-order valence-corrected chi connectivity index (χ3v) is 7.29. The van der Waals surface area contributed by atoms with Crippen LogP contribution in [0.3, 0.4) is 0 Å². The van der Waals surface area contributed by atoms with Gasteiger partial charge in [0.05, 0.1) is 32.1 Å². The molecule has 2 heterocycles. The Hall–Kier alpha value is -3.08. The van der Waals surface area contributed by atoms with Crippen molar-refractivity contribution in [3.8, 4) is 11.3 Å². The van der Waals surface area contributed by atoms with Crippen molar-refractivity contribution >= 4 is 34.1 Å². The normalized spacial score (nSPS) is 12.1. The molecular weight excluding hydrogens is 483 g/mol. The number of hydrogen-bond donors (Lipinski definition) is 2. The number of quaternary nitrogens is 1. The fraction of sp³-hybridized carbons (Fsp3) is 0.280. The molecule has 10 heteroatoms. The summed E-state index contributed by atoms with van der Waals surface area (Å²) in [6.07, 6.45) is 0.931. The van der Waals surface area contributed by atoms with Crippen molar-refractivity contribution in [1.82, 2.24) is 19.7 Å². The standard InChI is InChI=1S/C25H27FN6OS2/c1-4-21(31(2)3)23-29-30-25(32(23)14-17-8-6-5-7-9-17)35-16-22(33)28-24-27-20(15-34-24)18-10-12-19(26)13-11-18/h5-13,15,21H,4,14,16H2,1-3H3,(H,27,28,33)/p+1/t21-/m0/s1. The van der Waals surface area contributed by atoms with Gasteiger partial charge >= 0.3 is 0 Å². The molecule has 0 spiro atoms. The fourth-order valence-corrected chi connectivity index (χ4v) is 5.28. The Morgan fingerprint density at radius 2 is 1.89 bits per heavy atom.